The van der Waals surface area contributed by atoms with Gasteiger partial charge in [0.15, 0.2) is 0 Å². The molecule has 0 amide bonds. The van der Waals surface area contributed by atoms with Gasteiger partial charge in [0, 0.05) is 10.1 Å². The van der Waals surface area contributed by atoms with E-state index < -0.39 is 26.8 Å². The zero-order valence-electron chi connectivity index (χ0n) is 13.6. The lowest BCUT2D eigenvalue weighted by molar-refractivity contribution is -0.137. The fraction of sp³-hybridized carbons (Fsp3) is 0.176. The molecule has 1 heterocycles. The molecular weight excluding hydrogens is 516 g/mol. The number of nitrogens with zero attached hydrogens (tertiary/aromatic N) is 1. The number of nitrogens with one attached hydrogen (secondary N) is 1. The van der Waals surface area contributed by atoms with Gasteiger partial charge in [-0.1, -0.05) is 23.7 Å². The second-order valence-corrected chi connectivity index (χ2v) is 9.26. The molecule has 1 aliphatic rings. The largest absolute Gasteiger partial charge is 0.417 e. The molecule has 0 spiro atoms. The monoisotopic (exact) mass is 528 g/mol. The molecule has 2 aromatic rings. The fourth-order valence-electron chi connectivity index (χ4n) is 2.57. The summed E-state index contributed by atoms with van der Waals surface area (Å²) in [5.74, 6) is 0. The molecule has 0 bridgehead atoms. The Kier molecular flexibility index (Phi) is 5.76. The number of sulfonamides is 1. The van der Waals surface area contributed by atoms with Crippen LogP contribution in [-0.2, 0) is 16.2 Å². The van der Waals surface area contributed by atoms with Crippen molar-refractivity contribution in [1.82, 2.24) is 9.84 Å². The predicted octanol–water partition coefficient (Wildman–Crippen LogP) is 4.90. The zero-order valence-corrected chi connectivity index (χ0v) is 17.3. The molecule has 10 heteroatoms. The van der Waals surface area contributed by atoms with Gasteiger partial charge in [-0.2, -0.15) is 13.2 Å². The fourth-order valence-corrected chi connectivity index (χ4v) is 4.45. The van der Waals surface area contributed by atoms with Gasteiger partial charge in [-0.05, 0) is 71.0 Å². The van der Waals surface area contributed by atoms with Crippen molar-refractivity contribution >= 4 is 49.9 Å². The van der Waals surface area contributed by atoms with E-state index in [9.17, 15) is 21.6 Å². The molecule has 144 valence electrons. The van der Waals surface area contributed by atoms with E-state index in [0.29, 0.717) is 6.42 Å². The van der Waals surface area contributed by atoms with Gasteiger partial charge in [0.2, 0.25) is 0 Å². The van der Waals surface area contributed by atoms with Crippen molar-refractivity contribution in [2.45, 2.75) is 17.5 Å². The van der Waals surface area contributed by atoms with E-state index in [1.54, 1.807) is 18.2 Å². The summed E-state index contributed by atoms with van der Waals surface area (Å²) in [5, 5.41) is -0.411. The van der Waals surface area contributed by atoms with Gasteiger partial charge in [-0.3, -0.25) is 0 Å². The van der Waals surface area contributed by atoms with E-state index >= 15 is 0 Å². The second kappa shape index (κ2) is 7.61. The number of alkyl halides is 3. The first-order valence-electron chi connectivity index (χ1n) is 7.71. The van der Waals surface area contributed by atoms with Crippen LogP contribution < -0.4 is 5.43 Å². The molecule has 0 fully saturated rings. The third-order valence-electron chi connectivity index (χ3n) is 3.91. The molecule has 4 nitrogen and oxygen atoms in total. The summed E-state index contributed by atoms with van der Waals surface area (Å²) < 4.78 is 66.8. The van der Waals surface area contributed by atoms with Gasteiger partial charge in [-0.15, -0.1) is 4.41 Å². The van der Waals surface area contributed by atoms with Crippen molar-refractivity contribution in [3.8, 4) is 0 Å². The van der Waals surface area contributed by atoms with Crippen LogP contribution in [0.5, 0.6) is 0 Å². The number of hydrogen-bond acceptors (Lipinski definition) is 3. The van der Waals surface area contributed by atoms with Crippen molar-refractivity contribution < 1.29 is 21.6 Å². The van der Waals surface area contributed by atoms with Gasteiger partial charge in [-0.25, -0.2) is 8.42 Å². The maximum absolute atomic E-state index is 13.1. The highest BCUT2D eigenvalue weighted by atomic mass is 127. The van der Waals surface area contributed by atoms with Gasteiger partial charge in [0.25, 0.3) is 10.0 Å². The van der Waals surface area contributed by atoms with Crippen LogP contribution in [0.1, 0.15) is 17.5 Å². The summed E-state index contributed by atoms with van der Waals surface area (Å²) in [6.45, 7) is 0.164. The minimum absolute atomic E-state index is 0.101. The minimum atomic E-state index is -4.60. The van der Waals surface area contributed by atoms with Crippen molar-refractivity contribution in [1.29, 1.82) is 0 Å². The molecular formula is C17H13ClF3IN2O2S. The quantitative estimate of drug-likeness (QED) is 0.577. The molecule has 2 aromatic carbocycles. The number of hydrazine groups is 1. The molecule has 3 rings (SSSR count). The lowest BCUT2D eigenvalue weighted by atomic mass is 10.1. The second-order valence-electron chi connectivity index (χ2n) is 5.74. The van der Waals surface area contributed by atoms with Gasteiger partial charge < -0.3 is 5.43 Å². The van der Waals surface area contributed by atoms with Gasteiger partial charge in [0.1, 0.15) is 0 Å². The maximum atomic E-state index is 13.1. The number of benzene rings is 2. The van der Waals surface area contributed by atoms with Crippen LogP contribution >= 0.6 is 34.2 Å². The topological polar surface area (TPSA) is 49.4 Å². The van der Waals surface area contributed by atoms with E-state index in [1.807, 2.05) is 0 Å². The minimum Gasteiger partial charge on any atom is -0.305 e. The van der Waals surface area contributed by atoms with Gasteiger partial charge in [0.05, 0.1) is 21.2 Å². The highest BCUT2D eigenvalue weighted by molar-refractivity contribution is 14.1. The average molecular weight is 529 g/mol. The van der Waals surface area contributed by atoms with Crippen LogP contribution in [0, 0.1) is 3.57 Å². The molecule has 27 heavy (non-hydrogen) atoms. The number of hydrogen-bond donors (Lipinski definition) is 1. The summed E-state index contributed by atoms with van der Waals surface area (Å²) in [7, 11) is -3.84. The Balaban J connectivity index is 1.91. The smallest absolute Gasteiger partial charge is 0.305 e. The van der Waals surface area contributed by atoms with Crippen LogP contribution in [0.25, 0.3) is 5.70 Å². The summed E-state index contributed by atoms with van der Waals surface area (Å²) in [4.78, 5) is 0.101. The molecule has 1 N–H and O–H groups in total. The highest BCUT2D eigenvalue weighted by Crippen LogP contribution is 2.36. The Morgan fingerprint density at radius 1 is 1.11 bits per heavy atom. The van der Waals surface area contributed by atoms with E-state index in [2.05, 4.69) is 28.0 Å². The third-order valence-corrected chi connectivity index (χ3v) is 6.68. The summed E-state index contributed by atoms with van der Waals surface area (Å²) in [5.41, 5.74) is 2.22. The molecule has 0 atom stereocenters. The van der Waals surface area contributed by atoms with Crippen LogP contribution in [0.4, 0.5) is 13.2 Å². The summed E-state index contributed by atoms with van der Waals surface area (Å²) in [6, 6.07) is 9.78. The van der Waals surface area contributed by atoms with Gasteiger partial charge >= 0.3 is 6.18 Å². The normalized spacial score (nSPS) is 16.0. The first-order valence-corrected chi connectivity index (χ1v) is 10.6. The Hall–Kier alpha value is -1.30. The standard InChI is InChI=1S/C17H13ClF3IN2O2S/c18-15-8-3-11(10-14(15)17(19,20)21)16-2-1-9-24(23-16)27(25,26)13-6-4-12(22)5-7-13/h2-8,10,23H,1,9H2. The van der Waals surface area contributed by atoms with Crippen molar-refractivity contribution in [2.75, 3.05) is 6.54 Å². The lowest BCUT2D eigenvalue weighted by Crippen LogP contribution is -2.44. The first-order chi connectivity index (χ1) is 12.6. The van der Waals surface area contributed by atoms with Crippen LogP contribution in [0.3, 0.4) is 0 Å². The number of rotatable bonds is 3. The van der Waals surface area contributed by atoms with Crippen LogP contribution in [0.15, 0.2) is 53.4 Å². The third kappa shape index (κ3) is 4.41. The summed E-state index contributed by atoms with van der Waals surface area (Å²) >= 11 is 7.71. The first kappa shape index (κ1) is 20.4. The summed E-state index contributed by atoms with van der Waals surface area (Å²) in [6.07, 6.45) is -2.59. The Bertz CT molecular complexity index is 992. The molecule has 1 aliphatic heterocycles. The van der Waals surface area contributed by atoms with Crippen molar-refractivity contribution in [3.63, 3.8) is 0 Å². The molecule has 0 saturated carbocycles. The van der Waals surface area contributed by atoms with E-state index in [-0.39, 0.29) is 22.7 Å². The van der Waals surface area contributed by atoms with E-state index in [0.717, 1.165) is 20.1 Å². The molecule has 0 unspecified atom stereocenters. The highest BCUT2D eigenvalue weighted by Gasteiger charge is 2.34. The molecule has 0 aromatic heterocycles. The SMILES string of the molecule is O=S(=O)(c1ccc(I)cc1)N1CCC=C(c2ccc(Cl)c(C(F)(F)F)c2)N1. The average Bonchev–Trinajstić information content (AvgIpc) is 2.61. The maximum Gasteiger partial charge on any atom is 0.417 e. The molecule has 0 saturated heterocycles. The predicted molar refractivity (Wildman–Crippen MR) is 105 cm³/mol. The van der Waals surface area contributed by atoms with Crippen molar-refractivity contribution in [3.05, 3.63) is 68.3 Å². The molecule has 0 radical (unpaired) electrons. The molecule has 0 aliphatic carbocycles. The van der Waals surface area contributed by atoms with Crippen LogP contribution in [-0.4, -0.2) is 19.4 Å². The Morgan fingerprint density at radius 3 is 2.41 bits per heavy atom. The van der Waals surface area contributed by atoms with E-state index in [4.69, 9.17) is 11.6 Å². The van der Waals surface area contributed by atoms with Crippen molar-refractivity contribution in [2.24, 2.45) is 0 Å². The number of halogens is 5. The van der Waals surface area contributed by atoms with E-state index in [1.165, 1.54) is 18.2 Å². The zero-order chi connectivity index (χ0) is 19.8. The lowest BCUT2D eigenvalue weighted by Gasteiger charge is -2.29. The van der Waals surface area contributed by atoms with Crippen LogP contribution in [0.2, 0.25) is 5.02 Å². The Labute approximate surface area is 173 Å². The Morgan fingerprint density at radius 2 is 1.78 bits per heavy atom.